The number of hydrogen-bond donors (Lipinski definition) is 1. The number of nitrogens with two attached hydrogens (primary N) is 1. The molecule has 1 aliphatic heterocycles. The largest absolute Gasteiger partial charge is 0.457 e. The van der Waals surface area contributed by atoms with E-state index in [1.807, 2.05) is 49.4 Å². The monoisotopic (exact) mass is 257 g/mol. The Morgan fingerprint density at radius 2 is 1.89 bits per heavy atom. The number of para-hydroxylation sites is 1. The molecule has 0 spiro atoms. The number of fused-ring (bicyclic) bond motifs is 1. The Morgan fingerprint density at radius 1 is 1.11 bits per heavy atom. The molecule has 0 amide bonds. The van der Waals surface area contributed by atoms with Crippen LogP contribution in [0.5, 0.6) is 23.0 Å². The molecule has 19 heavy (non-hydrogen) atoms. The third kappa shape index (κ3) is 2.35. The van der Waals surface area contributed by atoms with E-state index in [4.69, 9.17) is 19.9 Å². The van der Waals surface area contributed by atoms with E-state index in [1.165, 1.54) is 0 Å². The van der Waals surface area contributed by atoms with Crippen LogP contribution in [0.1, 0.15) is 18.5 Å². The third-order valence-electron chi connectivity index (χ3n) is 2.98. The fraction of sp³-hybridized carbons (Fsp3) is 0.200. The minimum absolute atomic E-state index is 0.0785. The number of hydrogen-bond acceptors (Lipinski definition) is 4. The van der Waals surface area contributed by atoms with E-state index in [2.05, 4.69) is 0 Å². The Balaban J connectivity index is 1.89. The van der Waals surface area contributed by atoms with Gasteiger partial charge < -0.3 is 19.9 Å². The van der Waals surface area contributed by atoms with Crippen LogP contribution >= 0.6 is 0 Å². The molecule has 0 aromatic heterocycles. The summed E-state index contributed by atoms with van der Waals surface area (Å²) in [6.45, 7) is 2.19. The zero-order valence-corrected chi connectivity index (χ0v) is 10.6. The maximum absolute atomic E-state index is 5.93. The van der Waals surface area contributed by atoms with E-state index in [0.717, 1.165) is 17.1 Å². The lowest BCUT2D eigenvalue weighted by atomic mass is 10.1. The highest BCUT2D eigenvalue weighted by Gasteiger charge is 2.15. The molecule has 4 heteroatoms. The molecule has 0 saturated carbocycles. The zero-order valence-electron chi connectivity index (χ0n) is 10.6. The third-order valence-corrected chi connectivity index (χ3v) is 2.98. The Labute approximate surface area is 111 Å². The van der Waals surface area contributed by atoms with Crippen molar-refractivity contribution in [2.24, 2.45) is 5.73 Å². The first-order valence-electron chi connectivity index (χ1n) is 6.16. The van der Waals surface area contributed by atoms with Crippen molar-refractivity contribution < 1.29 is 14.2 Å². The summed E-state index contributed by atoms with van der Waals surface area (Å²) in [5.41, 5.74) is 6.91. The molecule has 2 aromatic carbocycles. The van der Waals surface area contributed by atoms with Gasteiger partial charge in [-0.05, 0) is 25.1 Å². The average Bonchev–Trinajstić information content (AvgIpc) is 2.86. The highest BCUT2D eigenvalue weighted by Crippen LogP contribution is 2.37. The summed E-state index contributed by atoms with van der Waals surface area (Å²) in [6.07, 6.45) is 0. The topological polar surface area (TPSA) is 53.7 Å². The van der Waals surface area contributed by atoms with Gasteiger partial charge in [0.25, 0.3) is 0 Å². The summed E-state index contributed by atoms with van der Waals surface area (Å²) in [6, 6.07) is 13.2. The smallest absolute Gasteiger partial charge is 0.231 e. The summed E-state index contributed by atoms with van der Waals surface area (Å²) in [5, 5.41) is 0. The molecule has 98 valence electrons. The van der Waals surface area contributed by atoms with E-state index in [0.29, 0.717) is 11.5 Å². The lowest BCUT2D eigenvalue weighted by Crippen LogP contribution is -2.06. The Morgan fingerprint density at radius 3 is 2.74 bits per heavy atom. The second kappa shape index (κ2) is 4.82. The molecule has 1 unspecified atom stereocenters. The van der Waals surface area contributed by atoms with Crippen molar-refractivity contribution in [1.29, 1.82) is 0 Å². The van der Waals surface area contributed by atoms with Gasteiger partial charge in [-0.3, -0.25) is 0 Å². The van der Waals surface area contributed by atoms with Gasteiger partial charge in [0.15, 0.2) is 11.5 Å². The summed E-state index contributed by atoms with van der Waals surface area (Å²) < 4.78 is 16.5. The van der Waals surface area contributed by atoms with E-state index in [9.17, 15) is 0 Å². The van der Waals surface area contributed by atoms with Crippen molar-refractivity contribution in [3.8, 4) is 23.0 Å². The van der Waals surface area contributed by atoms with Crippen LogP contribution < -0.4 is 19.9 Å². The molecule has 4 nitrogen and oxygen atoms in total. The summed E-state index contributed by atoms with van der Waals surface area (Å²) in [7, 11) is 0. The summed E-state index contributed by atoms with van der Waals surface area (Å²) >= 11 is 0. The lowest BCUT2D eigenvalue weighted by Gasteiger charge is -2.13. The first-order valence-corrected chi connectivity index (χ1v) is 6.16. The molecule has 0 fully saturated rings. The van der Waals surface area contributed by atoms with Gasteiger partial charge in [0, 0.05) is 17.7 Å². The minimum atomic E-state index is -0.0785. The van der Waals surface area contributed by atoms with E-state index in [1.54, 1.807) is 0 Å². The highest BCUT2D eigenvalue weighted by atomic mass is 16.7. The standard InChI is InChI=1S/C15H15NO3/c1-10(16)12-4-2-3-5-13(12)19-11-6-7-14-15(8-11)18-9-17-14/h2-8,10H,9,16H2,1H3. The predicted molar refractivity (Wildman–Crippen MR) is 71.7 cm³/mol. The Kier molecular flexibility index (Phi) is 3.01. The Bertz CT molecular complexity index is 596. The highest BCUT2D eigenvalue weighted by molar-refractivity contribution is 5.48. The van der Waals surface area contributed by atoms with Gasteiger partial charge in [0.1, 0.15) is 11.5 Å². The normalized spacial score (nSPS) is 14.2. The quantitative estimate of drug-likeness (QED) is 0.917. The van der Waals surface area contributed by atoms with Crippen molar-refractivity contribution in [3.05, 3.63) is 48.0 Å². The molecule has 1 aliphatic rings. The molecular formula is C15H15NO3. The average molecular weight is 257 g/mol. The van der Waals surface area contributed by atoms with Crippen LogP contribution in [-0.4, -0.2) is 6.79 Å². The number of ether oxygens (including phenoxy) is 3. The molecule has 0 radical (unpaired) electrons. The molecule has 3 rings (SSSR count). The SMILES string of the molecule is CC(N)c1ccccc1Oc1ccc2c(c1)OCO2. The molecule has 0 saturated heterocycles. The molecule has 0 aliphatic carbocycles. The molecule has 0 bridgehead atoms. The van der Waals surface area contributed by atoms with Gasteiger partial charge in [-0.2, -0.15) is 0 Å². The molecular weight excluding hydrogens is 242 g/mol. The van der Waals surface area contributed by atoms with E-state index < -0.39 is 0 Å². The summed E-state index contributed by atoms with van der Waals surface area (Å²) in [5.74, 6) is 2.91. The number of rotatable bonds is 3. The van der Waals surface area contributed by atoms with Crippen molar-refractivity contribution in [3.63, 3.8) is 0 Å². The molecule has 2 N–H and O–H groups in total. The van der Waals surface area contributed by atoms with Crippen LogP contribution in [0.2, 0.25) is 0 Å². The first kappa shape index (κ1) is 11.9. The lowest BCUT2D eigenvalue weighted by molar-refractivity contribution is 0.174. The van der Waals surface area contributed by atoms with Crippen molar-refractivity contribution in [2.45, 2.75) is 13.0 Å². The van der Waals surface area contributed by atoms with Crippen LogP contribution in [0.4, 0.5) is 0 Å². The van der Waals surface area contributed by atoms with Gasteiger partial charge in [-0.15, -0.1) is 0 Å². The zero-order chi connectivity index (χ0) is 13.2. The van der Waals surface area contributed by atoms with Gasteiger partial charge in [-0.25, -0.2) is 0 Å². The Hall–Kier alpha value is -2.20. The molecule has 1 heterocycles. The molecule has 1 atom stereocenters. The van der Waals surface area contributed by atoms with Crippen LogP contribution in [0.15, 0.2) is 42.5 Å². The number of benzene rings is 2. The van der Waals surface area contributed by atoms with Crippen LogP contribution in [-0.2, 0) is 0 Å². The van der Waals surface area contributed by atoms with Crippen molar-refractivity contribution >= 4 is 0 Å². The van der Waals surface area contributed by atoms with Crippen molar-refractivity contribution in [2.75, 3.05) is 6.79 Å². The van der Waals surface area contributed by atoms with Crippen molar-refractivity contribution in [1.82, 2.24) is 0 Å². The first-order chi connectivity index (χ1) is 9.24. The van der Waals surface area contributed by atoms with E-state index in [-0.39, 0.29) is 12.8 Å². The second-order valence-corrected chi connectivity index (χ2v) is 4.44. The molecule has 2 aromatic rings. The fourth-order valence-corrected chi connectivity index (χ4v) is 2.02. The van der Waals surface area contributed by atoms with Crippen LogP contribution in [0.25, 0.3) is 0 Å². The fourth-order valence-electron chi connectivity index (χ4n) is 2.02. The predicted octanol–water partition coefficient (Wildman–Crippen LogP) is 3.23. The van der Waals surface area contributed by atoms with Gasteiger partial charge >= 0.3 is 0 Å². The van der Waals surface area contributed by atoms with Gasteiger partial charge in [0.2, 0.25) is 6.79 Å². The van der Waals surface area contributed by atoms with E-state index >= 15 is 0 Å². The second-order valence-electron chi connectivity index (χ2n) is 4.44. The summed E-state index contributed by atoms with van der Waals surface area (Å²) in [4.78, 5) is 0. The maximum Gasteiger partial charge on any atom is 0.231 e. The minimum Gasteiger partial charge on any atom is -0.457 e. The maximum atomic E-state index is 5.93. The van der Waals surface area contributed by atoms with Gasteiger partial charge in [0.05, 0.1) is 0 Å². The van der Waals surface area contributed by atoms with Crippen LogP contribution in [0, 0.1) is 0 Å². The van der Waals surface area contributed by atoms with Crippen LogP contribution in [0.3, 0.4) is 0 Å². The van der Waals surface area contributed by atoms with Gasteiger partial charge in [-0.1, -0.05) is 18.2 Å².